The van der Waals surface area contributed by atoms with Crippen LogP contribution in [0.5, 0.6) is 0 Å². The highest BCUT2D eigenvalue weighted by molar-refractivity contribution is 9.08. The first kappa shape index (κ1) is 14.1. The zero-order valence-corrected chi connectivity index (χ0v) is 12.6. The number of benzene rings is 2. The van der Waals surface area contributed by atoms with Crippen LogP contribution in [0.1, 0.15) is 11.1 Å². The fourth-order valence-electron chi connectivity index (χ4n) is 2.07. The third kappa shape index (κ3) is 3.37. The second kappa shape index (κ2) is 6.73. The van der Waals surface area contributed by atoms with Crippen LogP contribution in [0.25, 0.3) is 11.1 Å². The van der Waals surface area contributed by atoms with Crippen LogP contribution in [-0.4, -0.2) is 13.7 Å². The molecule has 2 aromatic rings. The van der Waals surface area contributed by atoms with Gasteiger partial charge in [0.15, 0.2) is 0 Å². The van der Waals surface area contributed by atoms with Crippen molar-refractivity contribution in [2.75, 3.05) is 19.5 Å². The monoisotopic (exact) mass is 319 g/mol. The number of nitrogens with two attached hydrogens (primary N) is 1. The number of rotatable bonds is 5. The minimum Gasteiger partial charge on any atom is -0.398 e. The lowest BCUT2D eigenvalue weighted by molar-refractivity contribution is 0.202. The zero-order valence-electron chi connectivity index (χ0n) is 11.0. The molecule has 0 saturated carbocycles. The lowest BCUT2D eigenvalue weighted by atomic mass is 9.98. The van der Waals surface area contributed by atoms with E-state index in [0.717, 1.165) is 34.1 Å². The van der Waals surface area contributed by atoms with Crippen molar-refractivity contribution in [2.45, 2.75) is 11.8 Å². The van der Waals surface area contributed by atoms with Crippen LogP contribution in [0.15, 0.2) is 42.5 Å². The molecule has 2 N–H and O–H groups in total. The summed E-state index contributed by atoms with van der Waals surface area (Å²) in [5.74, 6) is 0. The van der Waals surface area contributed by atoms with E-state index in [4.69, 9.17) is 10.5 Å². The molecule has 0 aliphatic rings. The second-order valence-electron chi connectivity index (χ2n) is 4.45. The Bertz CT molecular complexity index is 537. The molecule has 0 spiro atoms. The summed E-state index contributed by atoms with van der Waals surface area (Å²) in [5, 5.41) is 0.872. The maximum atomic E-state index is 6.26. The summed E-state index contributed by atoms with van der Waals surface area (Å²) in [6.45, 7) is 0.691. The van der Waals surface area contributed by atoms with Crippen molar-refractivity contribution in [3.05, 3.63) is 53.6 Å². The van der Waals surface area contributed by atoms with Gasteiger partial charge in [0.2, 0.25) is 0 Å². The standard InChI is InChI=1S/C16H18BrNO/c1-19-10-9-14-3-2-4-15(16(14)18)13-7-5-12(11-17)6-8-13/h2-8H,9-11,18H2,1H3. The molecular formula is C16H18BrNO. The summed E-state index contributed by atoms with van der Waals surface area (Å²) in [5.41, 5.74) is 11.8. The van der Waals surface area contributed by atoms with Gasteiger partial charge in [0.25, 0.3) is 0 Å². The predicted molar refractivity (Wildman–Crippen MR) is 84.5 cm³/mol. The molecule has 0 heterocycles. The molecule has 2 aromatic carbocycles. The molecule has 2 nitrogen and oxygen atoms in total. The van der Waals surface area contributed by atoms with Gasteiger partial charge in [-0.1, -0.05) is 58.4 Å². The zero-order chi connectivity index (χ0) is 13.7. The van der Waals surface area contributed by atoms with Gasteiger partial charge in [-0.2, -0.15) is 0 Å². The molecule has 100 valence electrons. The lowest BCUT2D eigenvalue weighted by Gasteiger charge is -2.11. The molecule has 0 aromatic heterocycles. The Kier molecular flexibility index (Phi) is 5.00. The second-order valence-corrected chi connectivity index (χ2v) is 5.01. The first-order chi connectivity index (χ1) is 9.26. The average molecular weight is 320 g/mol. The molecule has 0 aliphatic heterocycles. The van der Waals surface area contributed by atoms with Gasteiger partial charge in [0.1, 0.15) is 0 Å². The maximum absolute atomic E-state index is 6.26. The topological polar surface area (TPSA) is 35.2 Å². The SMILES string of the molecule is COCCc1cccc(-c2ccc(CBr)cc2)c1N. The van der Waals surface area contributed by atoms with Crippen molar-refractivity contribution in [3.63, 3.8) is 0 Å². The Morgan fingerprint density at radius 2 is 1.84 bits per heavy atom. The van der Waals surface area contributed by atoms with Gasteiger partial charge in [-0.15, -0.1) is 0 Å². The molecule has 0 unspecified atom stereocenters. The fraction of sp³-hybridized carbons (Fsp3) is 0.250. The first-order valence-corrected chi connectivity index (χ1v) is 7.40. The van der Waals surface area contributed by atoms with Crippen LogP contribution in [0.4, 0.5) is 5.69 Å². The van der Waals surface area contributed by atoms with Crippen LogP contribution < -0.4 is 5.73 Å². The molecule has 0 amide bonds. The first-order valence-electron chi connectivity index (χ1n) is 6.28. The van der Waals surface area contributed by atoms with E-state index in [1.54, 1.807) is 7.11 Å². The van der Waals surface area contributed by atoms with E-state index in [-0.39, 0.29) is 0 Å². The third-order valence-corrected chi connectivity index (χ3v) is 3.84. The lowest BCUT2D eigenvalue weighted by Crippen LogP contribution is -2.01. The fourth-order valence-corrected chi connectivity index (χ4v) is 2.44. The molecule has 0 bridgehead atoms. The van der Waals surface area contributed by atoms with Crippen LogP contribution in [-0.2, 0) is 16.5 Å². The van der Waals surface area contributed by atoms with Gasteiger partial charge in [-0.3, -0.25) is 0 Å². The number of hydrogen-bond acceptors (Lipinski definition) is 2. The molecule has 3 heteroatoms. The van der Waals surface area contributed by atoms with Crippen molar-refractivity contribution in [3.8, 4) is 11.1 Å². The molecule has 0 fully saturated rings. The van der Waals surface area contributed by atoms with E-state index in [9.17, 15) is 0 Å². The number of nitrogen functional groups attached to an aromatic ring is 1. The number of hydrogen-bond donors (Lipinski definition) is 1. The number of methoxy groups -OCH3 is 1. The summed E-state index contributed by atoms with van der Waals surface area (Å²) in [6.07, 6.45) is 0.843. The summed E-state index contributed by atoms with van der Waals surface area (Å²) < 4.78 is 5.12. The molecule has 19 heavy (non-hydrogen) atoms. The van der Waals surface area contributed by atoms with Gasteiger partial charge in [-0.05, 0) is 23.1 Å². The molecule has 0 radical (unpaired) electrons. The van der Waals surface area contributed by atoms with Crippen LogP contribution in [0.2, 0.25) is 0 Å². The highest BCUT2D eigenvalue weighted by atomic mass is 79.9. The number of halogens is 1. The van der Waals surface area contributed by atoms with Gasteiger partial charge < -0.3 is 10.5 Å². The van der Waals surface area contributed by atoms with Gasteiger partial charge in [0, 0.05) is 23.7 Å². The Labute approximate surface area is 122 Å². The van der Waals surface area contributed by atoms with E-state index >= 15 is 0 Å². The number of anilines is 1. The molecule has 2 rings (SSSR count). The Hall–Kier alpha value is -1.32. The van der Waals surface area contributed by atoms with Crippen molar-refractivity contribution >= 4 is 21.6 Å². The summed E-state index contributed by atoms with van der Waals surface area (Å²) in [7, 11) is 1.71. The summed E-state index contributed by atoms with van der Waals surface area (Å²) in [6, 6.07) is 14.6. The van der Waals surface area contributed by atoms with Crippen molar-refractivity contribution in [2.24, 2.45) is 0 Å². The highest BCUT2D eigenvalue weighted by Gasteiger charge is 2.06. The normalized spacial score (nSPS) is 10.6. The van der Waals surface area contributed by atoms with Crippen LogP contribution in [0.3, 0.4) is 0 Å². The van der Waals surface area contributed by atoms with Crippen LogP contribution >= 0.6 is 15.9 Å². The Morgan fingerprint density at radius 3 is 2.47 bits per heavy atom. The summed E-state index contributed by atoms with van der Waals surface area (Å²) in [4.78, 5) is 0. The van der Waals surface area contributed by atoms with E-state index < -0.39 is 0 Å². The Balaban J connectivity index is 2.32. The van der Waals surface area contributed by atoms with Gasteiger partial charge in [0.05, 0.1) is 6.61 Å². The number of ether oxygens (including phenoxy) is 1. The average Bonchev–Trinajstić information content (AvgIpc) is 2.46. The largest absolute Gasteiger partial charge is 0.398 e. The summed E-state index contributed by atoms with van der Waals surface area (Å²) >= 11 is 3.45. The van der Waals surface area contributed by atoms with E-state index in [1.165, 1.54) is 5.56 Å². The molecule has 0 atom stereocenters. The highest BCUT2D eigenvalue weighted by Crippen LogP contribution is 2.29. The predicted octanol–water partition coefficient (Wildman–Crippen LogP) is 4.02. The minimum absolute atomic E-state index is 0.691. The maximum Gasteiger partial charge on any atom is 0.0503 e. The quantitative estimate of drug-likeness (QED) is 0.667. The Morgan fingerprint density at radius 1 is 1.11 bits per heavy atom. The van der Waals surface area contributed by atoms with Crippen molar-refractivity contribution in [1.82, 2.24) is 0 Å². The molecule has 0 aliphatic carbocycles. The smallest absolute Gasteiger partial charge is 0.0503 e. The molecular weight excluding hydrogens is 302 g/mol. The van der Waals surface area contributed by atoms with E-state index in [2.05, 4.69) is 58.4 Å². The van der Waals surface area contributed by atoms with Crippen molar-refractivity contribution < 1.29 is 4.74 Å². The number of alkyl halides is 1. The number of para-hydroxylation sites is 1. The van der Waals surface area contributed by atoms with Gasteiger partial charge >= 0.3 is 0 Å². The minimum atomic E-state index is 0.691. The van der Waals surface area contributed by atoms with Crippen LogP contribution in [0, 0.1) is 0 Å². The van der Waals surface area contributed by atoms with Crippen molar-refractivity contribution in [1.29, 1.82) is 0 Å². The van der Waals surface area contributed by atoms with E-state index in [0.29, 0.717) is 6.61 Å². The molecule has 0 saturated heterocycles. The van der Waals surface area contributed by atoms with E-state index in [1.807, 2.05) is 0 Å². The van der Waals surface area contributed by atoms with Gasteiger partial charge in [-0.25, -0.2) is 0 Å². The third-order valence-electron chi connectivity index (χ3n) is 3.19.